The van der Waals surface area contributed by atoms with Crippen molar-refractivity contribution in [3.05, 3.63) is 70.9 Å². The molecule has 1 N–H and O–H groups in total. The van der Waals surface area contributed by atoms with Crippen LogP contribution in [-0.4, -0.2) is 11.6 Å². The summed E-state index contributed by atoms with van der Waals surface area (Å²) in [6.07, 6.45) is 2.20. The number of rotatable bonds is 4. The van der Waals surface area contributed by atoms with Gasteiger partial charge >= 0.3 is 0 Å². The van der Waals surface area contributed by atoms with Crippen LogP contribution >= 0.6 is 0 Å². The van der Waals surface area contributed by atoms with E-state index in [2.05, 4.69) is 72.4 Å². The molecule has 0 aliphatic heterocycles. The molecule has 2 heteroatoms. The SMILES string of the molecule is CNCc1cccc2ccn(Cc3cc(C)cc(C)c3)c12. The van der Waals surface area contributed by atoms with Crippen LogP contribution in [0.5, 0.6) is 0 Å². The van der Waals surface area contributed by atoms with Gasteiger partial charge in [0.25, 0.3) is 0 Å². The molecular formula is C19H22N2. The molecule has 0 fully saturated rings. The van der Waals surface area contributed by atoms with Gasteiger partial charge < -0.3 is 9.88 Å². The lowest BCUT2D eigenvalue weighted by molar-refractivity contribution is 0.795. The molecule has 1 heterocycles. The summed E-state index contributed by atoms with van der Waals surface area (Å²) in [5, 5.41) is 4.57. The number of para-hydroxylation sites is 1. The van der Waals surface area contributed by atoms with E-state index in [-0.39, 0.29) is 0 Å². The van der Waals surface area contributed by atoms with Gasteiger partial charge in [-0.05, 0) is 43.5 Å². The van der Waals surface area contributed by atoms with Gasteiger partial charge in [0.15, 0.2) is 0 Å². The topological polar surface area (TPSA) is 17.0 Å². The summed E-state index contributed by atoms with van der Waals surface area (Å²) in [6, 6.07) is 15.5. The number of nitrogens with one attached hydrogen (secondary N) is 1. The number of fused-ring (bicyclic) bond motifs is 1. The van der Waals surface area contributed by atoms with Gasteiger partial charge in [0.2, 0.25) is 0 Å². The van der Waals surface area contributed by atoms with Crippen LogP contribution in [0.2, 0.25) is 0 Å². The van der Waals surface area contributed by atoms with Gasteiger partial charge in [-0.15, -0.1) is 0 Å². The maximum atomic E-state index is 3.26. The van der Waals surface area contributed by atoms with Crippen LogP contribution in [-0.2, 0) is 13.1 Å². The molecule has 0 amide bonds. The van der Waals surface area contributed by atoms with Crippen LogP contribution in [0.1, 0.15) is 22.3 Å². The molecule has 0 saturated heterocycles. The van der Waals surface area contributed by atoms with Crippen molar-refractivity contribution in [1.29, 1.82) is 0 Å². The average molecular weight is 278 g/mol. The van der Waals surface area contributed by atoms with Gasteiger partial charge in [-0.2, -0.15) is 0 Å². The van der Waals surface area contributed by atoms with Gasteiger partial charge in [0.1, 0.15) is 0 Å². The van der Waals surface area contributed by atoms with E-state index >= 15 is 0 Å². The Hall–Kier alpha value is -2.06. The first-order valence-electron chi connectivity index (χ1n) is 7.46. The van der Waals surface area contributed by atoms with Crippen molar-refractivity contribution < 1.29 is 0 Å². The monoisotopic (exact) mass is 278 g/mol. The second kappa shape index (κ2) is 5.74. The normalized spacial score (nSPS) is 11.2. The average Bonchev–Trinajstić information content (AvgIpc) is 2.82. The van der Waals surface area contributed by atoms with Crippen molar-refractivity contribution in [2.24, 2.45) is 0 Å². The van der Waals surface area contributed by atoms with Crippen molar-refractivity contribution in [1.82, 2.24) is 9.88 Å². The van der Waals surface area contributed by atoms with Gasteiger partial charge in [0, 0.05) is 19.3 Å². The van der Waals surface area contributed by atoms with E-state index in [4.69, 9.17) is 0 Å². The van der Waals surface area contributed by atoms with Crippen molar-refractivity contribution in [3.63, 3.8) is 0 Å². The lowest BCUT2D eigenvalue weighted by Crippen LogP contribution is -2.08. The molecule has 2 aromatic carbocycles. The molecule has 108 valence electrons. The summed E-state index contributed by atoms with van der Waals surface area (Å²) in [7, 11) is 2.00. The quantitative estimate of drug-likeness (QED) is 0.762. The van der Waals surface area contributed by atoms with Gasteiger partial charge in [-0.1, -0.05) is 47.5 Å². The van der Waals surface area contributed by atoms with Crippen LogP contribution in [0.25, 0.3) is 10.9 Å². The summed E-state index contributed by atoms with van der Waals surface area (Å²) in [6.45, 7) is 6.15. The summed E-state index contributed by atoms with van der Waals surface area (Å²) in [4.78, 5) is 0. The molecule has 0 bridgehead atoms. The molecule has 3 rings (SSSR count). The summed E-state index contributed by atoms with van der Waals surface area (Å²) in [5.74, 6) is 0. The third-order valence-corrected chi connectivity index (χ3v) is 3.87. The Bertz CT molecular complexity index is 748. The first-order chi connectivity index (χ1) is 10.2. The van der Waals surface area contributed by atoms with Gasteiger partial charge in [-0.25, -0.2) is 0 Å². The highest BCUT2D eigenvalue weighted by Crippen LogP contribution is 2.22. The lowest BCUT2D eigenvalue weighted by atomic mass is 10.1. The van der Waals surface area contributed by atoms with Crippen LogP contribution in [0, 0.1) is 13.8 Å². The molecule has 0 atom stereocenters. The largest absolute Gasteiger partial charge is 0.343 e. The molecule has 0 radical (unpaired) electrons. The highest BCUT2D eigenvalue weighted by Gasteiger charge is 2.07. The number of aromatic nitrogens is 1. The third-order valence-electron chi connectivity index (χ3n) is 3.87. The van der Waals surface area contributed by atoms with E-state index in [9.17, 15) is 0 Å². The minimum absolute atomic E-state index is 0.897. The Balaban J connectivity index is 2.04. The van der Waals surface area contributed by atoms with Crippen molar-refractivity contribution in [3.8, 4) is 0 Å². The molecule has 3 aromatic rings. The Kier molecular flexibility index (Phi) is 3.80. The van der Waals surface area contributed by atoms with E-state index in [1.807, 2.05) is 7.05 Å². The molecular weight excluding hydrogens is 256 g/mol. The van der Waals surface area contributed by atoms with E-state index < -0.39 is 0 Å². The van der Waals surface area contributed by atoms with Gasteiger partial charge in [-0.3, -0.25) is 0 Å². The van der Waals surface area contributed by atoms with E-state index in [0.29, 0.717) is 0 Å². The zero-order valence-electron chi connectivity index (χ0n) is 13.0. The molecule has 2 nitrogen and oxygen atoms in total. The minimum Gasteiger partial charge on any atom is -0.343 e. The summed E-state index contributed by atoms with van der Waals surface area (Å²) >= 11 is 0. The second-order valence-electron chi connectivity index (χ2n) is 5.82. The molecule has 0 spiro atoms. The Morgan fingerprint density at radius 3 is 2.48 bits per heavy atom. The highest BCUT2D eigenvalue weighted by atomic mass is 15.0. The minimum atomic E-state index is 0.897. The number of aryl methyl sites for hydroxylation is 2. The Morgan fingerprint density at radius 1 is 1.00 bits per heavy atom. The molecule has 0 aliphatic carbocycles. The van der Waals surface area contributed by atoms with E-state index in [1.54, 1.807) is 0 Å². The predicted molar refractivity (Wildman–Crippen MR) is 89.7 cm³/mol. The zero-order valence-corrected chi connectivity index (χ0v) is 13.0. The maximum absolute atomic E-state index is 3.26. The van der Waals surface area contributed by atoms with Crippen LogP contribution < -0.4 is 5.32 Å². The van der Waals surface area contributed by atoms with Crippen molar-refractivity contribution in [2.45, 2.75) is 26.9 Å². The fraction of sp³-hybridized carbons (Fsp3) is 0.263. The summed E-state index contributed by atoms with van der Waals surface area (Å²) in [5.41, 5.74) is 6.72. The van der Waals surface area contributed by atoms with Crippen LogP contribution in [0.3, 0.4) is 0 Å². The van der Waals surface area contributed by atoms with Crippen LogP contribution in [0.4, 0.5) is 0 Å². The van der Waals surface area contributed by atoms with E-state index in [0.717, 1.165) is 13.1 Å². The lowest BCUT2D eigenvalue weighted by Gasteiger charge is -2.11. The Labute approximate surface area is 126 Å². The predicted octanol–water partition coefficient (Wildman–Crippen LogP) is 4.03. The first kappa shape index (κ1) is 13.9. The fourth-order valence-corrected chi connectivity index (χ4v) is 3.16. The fourth-order valence-electron chi connectivity index (χ4n) is 3.16. The molecule has 0 unspecified atom stereocenters. The molecule has 0 saturated carbocycles. The Morgan fingerprint density at radius 2 is 1.76 bits per heavy atom. The smallest absolute Gasteiger partial charge is 0.0529 e. The number of nitrogens with zero attached hydrogens (tertiary/aromatic N) is 1. The van der Waals surface area contributed by atoms with Gasteiger partial charge in [0.05, 0.1) is 5.52 Å². The highest BCUT2D eigenvalue weighted by molar-refractivity contribution is 5.83. The molecule has 0 aliphatic rings. The first-order valence-corrected chi connectivity index (χ1v) is 7.46. The maximum Gasteiger partial charge on any atom is 0.0529 e. The van der Waals surface area contributed by atoms with E-state index in [1.165, 1.54) is 33.2 Å². The zero-order chi connectivity index (χ0) is 14.8. The summed E-state index contributed by atoms with van der Waals surface area (Å²) < 4.78 is 2.36. The number of hydrogen-bond acceptors (Lipinski definition) is 1. The van der Waals surface area contributed by atoms with Crippen molar-refractivity contribution >= 4 is 10.9 Å². The molecule has 21 heavy (non-hydrogen) atoms. The molecule has 1 aromatic heterocycles. The standard InChI is InChI=1S/C19H22N2/c1-14-9-15(2)11-16(10-14)13-21-8-7-17-5-4-6-18(12-20-3)19(17)21/h4-11,20H,12-13H2,1-3H3. The second-order valence-corrected chi connectivity index (χ2v) is 5.82. The van der Waals surface area contributed by atoms with Crippen molar-refractivity contribution in [2.75, 3.05) is 7.05 Å². The third kappa shape index (κ3) is 2.86. The number of hydrogen-bond donors (Lipinski definition) is 1. The number of benzene rings is 2. The van der Waals surface area contributed by atoms with Crippen LogP contribution in [0.15, 0.2) is 48.7 Å².